The molecule has 0 bridgehead atoms. The van der Waals surface area contributed by atoms with Gasteiger partial charge in [-0.3, -0.25) is 9.69 Å². The van der Waals surface area contributed by atoms with Crippen LogP contribution < -0.4 is 5.73 Å². The molecule has 0 radical (unpaired) electrons. The molecule has 5 nitrogen and oxygen atoms in total. The van der Waals surface area contributed by atoms with Gasteiger partial charge in [-0.1, -0.05) is 0 Å². The largest absolute Gasteiger partial charge is 0.379 e. The van der Waals surface area contributed by atoms with E-state index in [1.807, 2.05) is 0 Å². The van der Waals surface area contributed by atoms with Crippen LogP contribution in [0.2, 0.25) is 0 Å². The molecule has 6 heteroatoms. The molecule has 0 atom stereocenters. The number of carbonyl (C=O) groups is 1. The van der Waals surface area contributed by atoms with Gasteiger partial charge in [0.1, 0.15) is 0 Å². The Bertz CT molecular complexity index is 347. The average molecular weight is 227 g/mol. The number of hydrogen-bond acceptors (Lipinski definition) is 5. The molecule has 0 spiro atoms. The maximum atomic E-state index is 10.8. The number of rotatable bonds is 3. The first-order valence-corrected chi connectivity index (χ1v) is 5.62. The summed E-state index contributed by atoms with van der Waals surface area (Å²) in [7, 11) is 0. The van der Waals surface area contributed by atoms with Gasteiger partial charge in [-0.25, -0.2) is 4.98 Å². The summed E-state index contributed by atoms with van der Waals surface area (Å²) in [5.74, 6) is -0.451. The van der Waals surface area contributed by atoms with E-state index >= 15 is 0 Å². The second kappa shape index (κ2) is 4.69. The molecule has 1 saturated heterocycles. The molecule has 1 fully saturated rings. The van der Waals surface area contributed by atoms with Gasteiger partial charge in [-0.05, 0) is 0 Å². The summed E-state index contributed by atoms with van der Waals surface area (Å²) in [6.07, 6.45) is 1.72. The first kappa shape index (κ1) is 10.5. The van der Waals surface area contributed by atoms with Crippen LogP contribution in [0.5, 0.6) is 0 Å². The van der Waals surface area contributed by atoms with Crippen LogP contribution in [-0.4, -0.2) is 42.1 Å². The highest BCUT2D eigenvalue weighted by atomic mass is 32.1. The second-order valence-corrected chi connectivity index (χ2v) is 4.50. The molecule has 82 valence electrons. The monoisotopic (exact) mass is 227 g/mol. The third-order valence-corrected chi connectivity index (χ3v) is 3.24. The Labute approximate surface area is 91.9 Å². The van der Waals surface area contributed by atoms with E-state index in [0.29, 0.717) is 5.01 Å². The zero-order valence-corrected chi connectivity index (χ0v) is 9.13. The number of morpholine rings is 1. The fourth-order valence-electron chi connectivity index (χ4n) is 1.47. The van der Waals surface area contributed by atoms with Crippen LogP contribution in [0.25, 0.3) is 0 Å². The molecule has 2 rings (SSSR count). The number of nitrogens with two attached hydrogens (primary N) is 1. The molecule has 1 aliphatic heterocycles. The van der Waals surface area contributed by atoms with Gasteiger partial charge in [0.15, 0.2) is 5.01 Å². The summed E-state index contributed by atoms with van der Waals surface area (Å²) in [5, 5.41) is 0.387. The van der Waals surface area contributed by atoms with Crippen LogP contribution in [0.1, 0.15) is 14.7 Å². The van der Waals surface area contributed by atoms with Crippen LogP contribution in [0.3, 0.4) is 0 Å². The topological polar surface area (TPSA) is 68.5 Å². The minimum atomic E-state index is -0.451. The highest BCUT2D eigenvalue weighted by Gasteiger charge is 2.13. The SMILES string of the molecule is NC(=O)c1ncc(CN2CCOCC2)s1. The van der Waals surface area contributed by atoms with Crippen molar-refractivity contribution in [3.05, 3.63) is 16.1 Å². The van der Waals surface area contributed by atoms with E-state index in [4.69, 9.17) is 10.5 Å². The molecule has 2 N–H and O–H groups in total. The Morgan fingerprint density at radius 3 is 2.93 bits per heavy atom. The molecule has 0 unspecified atom stereocenters. The number of primary amides is 1. The number of amides is 1. The zero-order chi connectivity index (χ0) is 10.7. The predicted octanol–water partition coefficient (Wildman–Crippen LogP) is 0.0742. The molecule has 0 aliphatic carbocycles. The standard InChI is InChI=1S/C9H13N3O2S/c10-8(13)9-11-5-7(15-9)6-12-1-3-14-4-2-12/h5H,1-4,6H2,(H2,10,13). The van der Waals surface area contributed by atoms with Gasteiger partial charge in [-0.15, -0.1) is 11.3 Å². The molecule has 1 aliphatic rings. The van der Waals surface area contributed by atoms with Crippen molar-refractivity contribution in [3.63, 3.8) is 0 Å². The van der Waals surface area contributed by atoms with Crippen LogP contribution in [0.15, 0.2) is 6.20 Å². The minimum Gasteiger partial charge on any atom is -0.379 e. The molecule has 1 aromatic rings. The first-order chi connectivity index (χ1) is 7.25. The van der Waals surface area contributed by atoms with Crippen molar-refractivity contribution in [2.24, 2.45) is 5.73 Å². The van der Waals surface area contributed by atoms with E-state index in [9.17, 15) is 4.79 Å². The lowest BCUT2D eigenvalue weighted by Crippen LogP contribution is -2.35. The predicted molar refractivity (Wildman–Crippen MR) is 56.7 cm³/mol. The number of carbonyl (C=O) groups excluding carboxylic acids is 1. The minimum absolute atomic E-state index is 0.387. The first-order valence-electron chi connectivity index (χ1n) is 4.80. The Kier molecular flexibility index (Phi) is 3.30. The number of ether oxygens (including phenoxy) is 1. The van der Waals surface area contributed by atoms with Gasteiger partial charge in [0.2, 0.25) is 0 Å². The summed E-state index contributed by atoms with van der Waals surface area (Å²) < 4.78 is 5.25. The van der Waals surface area contributed by atoms with Gasteiger partial charge in [0.25, 0.3) is 5.91 Å². The maximum Gasteiger partial charge on any atom is 0.277 e. The quantitative estimate of drug-likeness (QED) is 0.793. The van der Waals surface area contributed by atoms with Crippen LogP contribution >= 0.6 is 11.3 Å². The molecular weight excluding hydrogens is 214 g/mol. The maximum absolute atomic E-state index is 10.8. The summed E-state index contributed by atoms with van der Waals surface area (Å²) in [4.78, 5) is 18.2. The van der Waals surface area contributed by atoms with Crippen molar-refractivity contribution in [1.29, 1.82) is 0 Å². The molecule has 0 aromatic carbocycles. The van der Waals surface area contributed by atoms with Crippen molar-refractivity contribution in [1.82, 2.24) is 9.88 Å². The third-order valence-electron chi connectivity index (χ3n) is 2.25. The smallest absolute Gasteiger partial charge is 0.277 e. The molecule has 1 amide bonds. The van der Waals surface area contributed by atoms with Crippen LogP contribution in [0, 0.1) is 0 Å². The van der Waals surface area contributed by atoms with Gasteiger partial charge < -0.3 is 10.5 Å². The average Bonchev–Trinajstić information content (AvgIpc) is 2.68. The summed E-state index contributed by atoms with van der Waals surface area (Å²) >= 11 is 1.37. The Morgan fingerprint density at radius 2 is 2.33 bits per heavy atom. The fraction of sp³-hybridized carbons (Fsp3) is 0.556. The van der Waals surface area contributed by atoms with Crippen molar-refractivity contribution in [3.8, 4) is 0 Å². The fourth-order valence-corrected chi connectivity index (χ4v) is 2.28. The number of thiazole rings is 1. The zero-order valence-electron chi connectivity index (χ0n) is 8.31. The lowest BCUT2D eigenvalue weighted by molar-refractivity contribution is 0.0346. The third kappa shape index (κ3) is 2.74. The highest BCUT2D eigenvalue weighted by molar-refractivity contribution is 7.13. The number of nitrogens with zero attached hydrogens (tertiary/aromatic N) is 2. The molecule has 2 heterocycles. The Hall–Kier alpha value is -0.980. The number of hydrogen-bond donors (Lipinski definition) is 1. The van der Waals surface area contributed by atoms with Crippen molar-refractivity contribution >= 4 is 17.2 Å². The lowest BCUT2D eigenvalue weighted by atomic mass is 10.4. The highest BCUT2D eigenvalue weighted by Crippen LogP contribution is 2.15. The van der Waals surface area contributed by atoms with Crippen molar-refractivity contribution in [2.45, 2.75) is 6.54 Å². The Balaban J connectivity index is 1.94. The van der Waals surface area contributed by atoms with Crippen LogP contribution in [-0.2, 0) is 11.3 Å². The summed E-state index contributed by atoms with van der Waals surface area (Å²) in [6, 6.07) is 0. The van der Waals surface area contributed by atoms with Gasteiger partial charge in [0, 0.05) is 30.7 Å². The number of aromatic nitrogens is 1. The molecule has 1 aromatic heterocycles. The van der Waals surface area contributed by atoms with E-state index in [1.165, 1.54) is 11.3 Å². The van der Waals surface area contributed by atoms with Crippen LogP contribution in [0.4, 0.5) is 0 Å². The van der Waals surface area contributed by atoms with Gasteiger partial charge in [0.05, 0.1) is 13.2 Å². The summed E-state index contributed by atoms with van der Waals surface area (Å²) in [5.41, 5.74) is 5.14. The van der Waals surface area contributed by atoms with Crippen molar-refractivity contribution in [2.75, 3.05) is 26.3 Å². The van der Waals surface area contributed by atoms with E-state index in [0.717, 1.165) is 37.7 Å². The Morgan fingerprint density at radius 1 is 1.60 bits per heavy atom. The van der Waals surface area contributed by atoms with E-state index in [2.05, 4.69) is 9.88 Å². The van der Waals surface area contributed by atoms with Gasteiger partial charge >= 0.3 is 0 Å². The molecular formula is C9H13N3O2S. The lowest BCUT2D eigenvalue weighted by Gasteiger charge is -2.25. The molecule has 0 saturated carbocycles. The van der Waals surface area contributed by atoms with Crippen molar-refractivity contribution < 1.29 is 9.53 Å². The normalized spacial score (nSPS) is 17.9. The summed E-state index contributed by atoms with van der Waals surface area (Å²) in [6.45, 7) is 4.25. The van der Waals surface area contributed by atoms with E-state index < -0.39 is 5.91 Å². The molecule has 15 heavy (non-hydrogen) atoms. The van der Waals surface area contributed by atoms with Gasteiger partial charge in [-0.2, -0.15) is 0 Å². The second-order valence-electron chi connectivity index (χ2n) is 3.38. The van der Waals surface area contributed by atoms with E-state index in [-0.39, 0.29) is 0 Å². The van der Waals surface area contributed by atoms with E-state index in [1.54, 1.807) is 6.20 Å².